The van der Waals surface area contributed by atoms with Crippen molar-refractivity contribution in [3.63, 3.8) is 0 Å². The zero-order chi connectivity index (χ0) is 39.9. The molecule has 1 saturated heterocycles. The minimum Gasteiger partial charge on any atom is -0.508 e. The largest absolute Gasteiger partial charge is 0.508 e. The third-order valence-electron chi connectivity index (χ3n) is 9.02. The van der Waals surface area contributed by atoms with E-state index in [-0.39, 0.29) is 11.8 Å². The second kappa shape index (κ2) is 24.6. The van der Waals surface area contributed by atoms with Crippen molar-refractivity contribution in [2.24, 2.45) is 5.73 Å². The first kappa shape index (κ1) is 44.6. The first-order chi connectivity index (χ1) is 26.5. The molecule has 5 N–H and O–H groups in total. The van der Waals surface area contributed by atoms with Crippen molar-refractivity contribution >= 4 is 11.8 Å². The Labute approximate surface area is 330 Å². The lowest BCUT2D eigenvalue weighted by molar-refractivity contribution is 0.0198. The lowest BCUT2D eigenvalue weighted by Gasteiger charge is -2.34. The zero-order valence-electron chi connectivity index (χ0n) is 33.9. The average Bonchev–Trinajstić information content (AvgIpc) is 3.19. The molecular formula is C45H65N5O5. The molecule has 5 rings (SSSR count). The summed E-state index contributed by atoms with van der Waals surface area (Å²) in [6.07, 6.45) is 3.96. The van der Waals surface area contributed by atoms with Crippen LogP contribution in [-0.4, -0.2) is 80.6 Å². The summed E-state index contributed by atoms with van der Waals surface area (Å²) in [5, 5.41) is 16.0. The Morgan fingerprint density at radius 3 is 1.93 bits per heavy atom. The third-order valence-corrected chi connectivity index (χ3v) is 9.02. The molecular weight excluding hydrogens is 691 g/mol. The summed E-state index contributed by atoms with van der Waals surface area (Å²) in [6.45, 7) is 13.0. The van der Waals surface area contributed by atoms with Crippen molar-refractivity contribution in [1.82, 2.24) is 15.5 Å². The SMILES string of the molecule is CCC(CCN)NC.CN(CCNC1CCN(C(=O)OC(C)(C)C)CC1)c1cccc(OCc2ccccc2)c1.Oc1cccc(OCc2ccccc2)c1. The molecule has 1 heterocycles. The van der Waals surface area contributed by atoms with Gasteiger partial charge < -0.3 is 45.5 Å². The van der Waals surface area contributed by atoms with Gasteiger partial charge >= 0.3 is 6.09 Å². The number of likely N-dealkylation sites (tertiary alicyclic amines) is 1. The molecule has 10 heteroatoms. The van der Waals surface area contributed by atoms with E-state index in [1.165, 1.54) is 6.42 Å². The van der Waals surface area contributed by atoms with Gasteiger partial charge in [-0.2, -0.15) is 0 Å². The smallest absolute Gasteiger partial charge is 0.410 e. The summed E-state index contributed by atoms with van der Waals surface area (Å²) in [6, 6.07) is 36.2. The monoisotopic (exact) mass is 755 g/mol. The number of nitrogens with zero attached hydrogens (tertiary/aromatic N) is 2. The second-order valence-electron chi connectivity index (χ2n) is 14.6. The fourth-order valence-electron chi connectivity index (χ4n) is 5.78. The molecule has 1 amide bonds. The molecule has 0 spiro atoms. The van der Waals surface area contributed by atoms with Crippen LogP contribution >= 0.6 is 0 Å². The van der Waals surface area contributed by atoms with Crippen LogP contribution < -0.4 is 30.7 Å². The van der Waals surface area contributed by atoms with Crippen LogP contribution in [0.5, 0.6) is 17.2 Å². The van der Waals surface area contributed by atoms with Crippen LogP contribution in [0, 0.1) is 0 Å². The highest BCUT2D eigenvalue weighted by atomic mass is 16.6. The highest BCUT2D eigenvalue weighted by molar-refractivity contribution is 5.68. The number of piperidine rings is 1. The summed E-state index contributed by atoms with van der Waals surface area (Å²) in [4.78, 5) is 16.3. The van der Waals surface area contributed by atoms with Gasteiger partial charge in [0.2, 0.25) is 0 Å². The highest BCUT2D eigenvalue weighted by Crippen LogP contribution is 2.22. The highest BCUT2D eigenvalue weighted by Gasteiger charge is 2.26. The summed E-state index contributed by atoms with van der Waals surface area (Å²) >= 11 is 0. The lowest BCUT2D eigenvalue weighted by Crippen LogP contribution is -2.47. The van der Waals surface area contributed by atoms with Crippen LogP contribution in [0.15, 0.2) is 109 Å². The second-order valence-corrected chi connectivity index (χ2v) is 14.6. The van der Waals surface area contributed by atoms with Crippen molar-refractivity contribution in [3.05, 3.63) is 120 Å². The van der Waals surface area contributed by atoms with Crippen LogP contribution in [0.2, 0.25) is 0 Å². The molecule has 300 valence electrons. The summed E-state index contributed by atoms with van der Waals surface area (Å²) < 4.78 is 16.9. The molecule has 0 saturated carbocycles. The van der Waals surface area contributed by atoms with Gasteiger partial charge in [-0.15, -0.1) is 0 Å². The number of anilines is 1. The number of hydrogen-bond acceptors (Lipinski definition) is 9. The minimum absolute atomic E-state index is 0.204. The number of nitrogens with one attached hydrogen (secondary N) is 2. The molecule has 1 atom stereocenters. The number of likely N-dealkylation sites (N-methyl/N-ethyl adjacent to an activating group) is 1. The summed E-state index contributed by atoms with van der Waals surface area (Å²) in [5.74, 6) is 1.78. The first-order valence-electron chi connectivity index (χ1n) is 19.5. The Balaban J connectivity index is 0.000000289. The maximum atomic E-state index is 12.2. The maximum absolute atomic E-state index is 12.2. The van der Waals surface area contributed by atoms with Crippen molar-refractivity contribution in [2.75, 3.05) is 51.7 Å². The van der Waals surface area contributed by atoms with E-state index in [0.717, 1.165) is 74.6 Å². The Kier molecular flexibility index (Phi) is 20.0. The van der Waals surface area contributed by atoms with Gasteiger partial charge in [0.05, 0.1) is 0 Å². The fraction of sp³-hybridized carbons (Fsp3) is 0.444. The molecule has 55 heavy (non-hydrogen) atoms. The molecule has 0 aromatic heterocycles. The number of amides is 1. The Hall–Kier alpha value is -4.77. The van der Waals surface area contributed by atoms with Gasteiger partial charge in [-0.05, 0) is 95.4 Å². The molecule has 10 nitrogen and oxygen atoms in total. The number of ether oxygens (including phenoxy) is 3. The van der Waals surface area contributed by atoms with E-state index >= 15 is 0 Å². The van der Waals surface area contributed by atoms with E-state index in [1.807, 2.05) is 99.4 Å². The molecule has 1 fully saturated rings. The predicted molar refractivity (Wildman–Crippen MR) is 225 cm³/mol. The number of nitrogens with two attached hydrogens (primary N) is 1. The Bertz CT molecular complexity index is 1610. The molecule has 4 aromatic carbocycles. The van der Waals surface area contributed by atoms with Gasteiger partial charge in [-0.25, -0.2) is 4.79 Å². The van der Waals surface area contributed by atoms with E-state index in [4.69, 9.17) is 19.9 Å². The van der Waals surface area contributed by atoms with E-state index in [1.54, 1.807) is 18.2 Å². The standard InChI is InChI=1S/C26H37N3O3.C13H12O2.C6H16N2/c1-26(2,3)32-25(30)29-16-13-22(14-17-29)27-15-18-28(4)23-11-8-12-24(19-23)31-20-21-9-6-5-7-10-21;14-12-7-4-8-13(9-12)15-10-11-5-2-1-3-6-11;1-3-6(8-2)4-5-7/h5-12,19,22,27H,13-18,20H2,1-4H3;1-9,14H,10H2;6,8H,3-5,7H2,1-2H3. The Morgan fingerprint density at radius 1 is 0.873 bits per heavy atom. The average molecular weight is 756 g/mol. The first-order valence-corrected chi connectivity index (χ1v) is 19.5. The van der Waals surface area contributed by atoms with Gasteiger partial charge in [-0.3, -0.25) is 0 Å². The van der Waals surface area contributed by atoms with Crippen molar-refractivity contribution in [3.8, 4) is 17.2 Å². The third kappa shape index (κ3) is 18.4. The van der Waals surface area contributed by atoms with E-state index in [9.17, 15) is 9.90 Å². The van der Waals surface area contributed by atoms with Gasteiger partial charge in [0.15, 0.2) is 0 Å². The maximum Gasteiger partial charge on any atom is 0.410 e. The van der Waals surface area contributed by atoms with Gasteiger partial charge in [-0.1, -0.05) is 79.7 Å². The molecule has 1 aliphatic rings. The number of phenolic OH excluding ortho intramolecular Hbond substituents is 1. The van der Waals surface area contributed by atoms with Crippen molar-refractivity contribution < 1.29 is 24.1 Å². The summed E-state index contributed by atoms with van der Waals surface area (Å²) in [7, 11) is 4.08. The minimum atomic E-state index is -0.444. The number of aromatic hydroxyl groups is 1. The van der Waals surface area contributed by atoms with E-state index < -0.39 is 5.60 Å². The molecule has 4 aromatic rings. The molecule has 0 aliphatic carbocycles. The Morgan fingerprint density at radius 2 is 1.44 bits per heavy atom. The van der Waals surface area contributed by atoms with Gasteiger partial charge in [0.1, 0.15) is 36.1 Å². The zero-order valence-corrected chi connectivity index (χ0v) is 33.9. The predicted octanol–water partition coefficient (Wildman–Crippen LogP) is 8.00. The van der Waals surface area contributed by atoms with Crippen LogP contribution in [0.3, 0.4) is 0 Å². The fourth-order valence-corrected chi connectivity index (χ4v) is 5.78. The van der Waals surface area contributed by atoms with Crippen LogP contribution in [0.1, 0.15) is 64.5 Å². The van der Waals surface area contributed by atoms with Crippen molar-refractivity contribution in [1.29, 1.82) is 0 Å². The van der Waals surface area contributed by atoms with Gasteiger partial charge in [0, 0.05) is 63.1 Å². The summed E-state index contributed by atoms with van der Waals surface area (Å²) in [5.41, 5.74) is 8.31. The van der Waals surface area contributed by atoms with E-state index in [0.29, 0.717) is 31.0 Å². The van der Waals surface area contributed by atoms with Crippen LogP contribution in [0.25, 0.3) is 0 Å². The topological polar surface area (TPSA) is 122 Å². The molecule has 1 aliphatic heterocycles. The number of phenols is 1. The quantitative estimate of drug-likeness (QED) is 0.0957. The van der Waals surface area contributed by atoms with Gasteiger partial charge in [0.25, 0.3) is 0 Å². The number of carbonyl (C=O) groups excluding carboxylic acids is 1. The number of rotatable bonds is 15. The number of carbonyl (C=O) groups is 1. The van der Waals surface area contributed by atoms with Crippen LogP contribution in [0.4, 0.5) is 10.5 Å². The van der Waals surface area contributed by atoms with E-state index in [2.05, 4.69) is 53.8 Å². The number of benzene rings is 4. The lowest BCUT2D eigenvalue weighted by atomic mass is 10.1. The van der Waals surface area contributed by atoms with Crippen molar-refractivity contribution in [2.45, 2.75) is 84.3 Å². The molecule has 0 radical (unpaired) electrons. The van der Waals surface area contributed by atoms with Crippen LogP contribution in [-0.2, 0) is 18.0 Å². The molecule has 1 unspecified atom stereocenters. The normalized spacial score (nSPS) is 13.3. The molecule has 0 bridgehead atoms. The number of hydrogen-bond donors (Lipinski definition) is 4.